The number of nitriles is 1. The highest BCUT2D eigenvalue weighted by Crippen LogP contribution is 2.43. The zero-order valence-electron chi connectivity index (χ0n) is 10.6. The number of hydrogen-bond acceptors (Lipinski definition) is 3. The van der Waals surface area contributed by atoms with Crippen molar-refractivity contribution in [2.24, 2.45) is 5.41 Å². The smallest absolute Gasteiger partial charge is 0.319 e. The number of carbonyl (C=O) groups is 2. The molecule has 1 aliphatic rings. The fourth-order valence-corrected chi connectivity index (χ4v) is 2.34. The van der Waals surface area contributed by atoms with Gasteiger partial charge >= 0.3 is 5.97 Å². The highest BCUT2D eigenvalue weighted by molar-refractivity contribution is 6.10. The molecule has 1 saturated carbocycles. The predicted molar refractivity (Wildman–Crippen MR) is 68.5 cm³/mol. The molecule has 0 heterocycles. The maximum Gasteiger partial charge on any atom is 0.319 e. The molecule has 1 amide bonds. The Labute approximate surface area is 111 Å². The van der Waals surface area contributed by atoms with E-state index in [1.54, 1.807) is 24.3 Å². The maximum absolute atomic E-state index is 12.4. The second-order valence-corrected chi connectivity index (χ2v) is 4.73. The Morgan fingerprint density at radius 3 is 2.47 bits per heavy atom. The second-order valence-electron chi connectivity index (χ2n) is 4.73. The number of rotatable bonds is 3. The number of anilines is 1. The molecule has 0 unspecified atom stereocenters. The number of nitrogens with zero attached hydrogens (tertiary/aromatic N) is 2. The molecule has 0 aliphatic heterocycles. The van der Waals surface area contributed by atoms with Gasteiger partial charge in [0.2, 0.25) is 5.91 Å². The third kappa shape index (κ3) is 1.95. The molecule has 1 aromatic rings. The van der Waals surface area contributed by atoms with Gasteiger partial charge in [0.15, 0.2) is 0 Å². The van der Waals surface area contributed by atoms with Crippen LogP contribution in [0.3, 0.4) is 0 Å². The Kier molecular flexibility index (Phi) is 3.26. The summed E-state index contributed by atoms with van der Waals surface area (Å²) in [5.74, 6) is -1.53. The molecule has 1 aromatic carbocycles. The molecule has 5 heteroatoms. The van der Waals surface area contributed by atoms with Crippen LogP contribution >= 0.6 is 0 Å². The van der Waals surface area contributed by atoms with Crippen molar-refractivity contribution in [2.75, 3.05) is 11.9 Å². The highest BCUT2D eigenvalue weighted by atomic mass is 16.4. The van der Waals surface area contributed by atoms with Crippen molar-refractivity contribution in [1.29, 1.82) is 5.26 Å². The minimum Gasteiger partial charge on any atom is -0.480 e. The number of carbonyl (C=O) groups excluding carboxylic acids is 1. The molecular weight excluding hydrogens is 244 g/mol. The largest absolute Gasteiger partial charge is 0.480 e. The van der Waals surface area contributed by atoms with Gasteiger partial charge < -0.3 is 10.0 Å². The fourth-order valence-electron chi connectivity index (χ4n) is 2.34. The minimum absolute atomic E-state index is 0.359. The first kappa shape index (κ1) is 13.1. The molecule has 0 atom stereocenters. The molecule has 2 rings (SSSR count). The summed E-state index contributed by atoms with van der Waals surface area (Å²) in [4.78, 5) is 25.0. The van der Waals surface area contributed by atoms with Gasteiger partial charge in [0.05, 0.1) is 11.3 Å². The number of carboxylic acids is 1. The lowest BCUT2D eigenvalue weighted by atomic mass is 9.67. The molecule has 1 fully saturated rings. The van der Waals surface area contributed by atoms with E-state index in [1.165, 1.54) is 11.9 Å². The first-order valence-corrected chi connectivity index (χ1v) is 6.03. The molecule has 0 saturated heterocycles. The number of aliphatic carboxylic acids is 1. The lowest BCUT2D eigenvalue weighted by Crippen LogP contribution is -2.51. The van der Waals surface area contributed by atoms with Crippen molar-refractivity contribution in [3.63, 3.8) is 0 Å². The van der Waals surface area contributed by atoms with E-state index in [0.29, 0.717) is 24.1 Å². The Balaban J connectivity index is 2.34. The van der Waals surface area contributed by atoms with Gasteiger partial charge in [-0.2, -0.15) is 5.26 Å². The normalized spacial score (nSPS) is 16.0. The van der Waals surface area contributed by atoms with Crippen molar-refractivity contribution < 1.29 is 14.7 Å². The van der Waals surface area contributed by atoms with E-state index in [-0.39, 0.29) is 0 Å². The van der Waals surface area contributed by atoms with Crippen molar-refractivity contribution in [1.82, 2.24) is 0 Å². The zero-order valence-corrected chi connectivity index (χ0v) is 10.6. The van der Waals surface area contributed by atoms with E-state index < -0.39 is 17.3 Å². The summed E-state index contributed by atoms with van der Waals surface area (Å²) in [5.41, 5.74) is -0.502. The maximum atomic E-state index is 12.4. The number of carboxylic acid groups (broad SMARTS) is 1. The Hall–Kier alpha value is -2.35. The molecule has 0 bridgehead atoms. The van der Waals surface area contributed by atoms with E-state index in [9.17, 15) is 14.7 Å². The Bertz CT molecular complexity index is 570. The lowest BCUT2D eigenvalue weighted by molar-refractivity contribution is -0.160. The van der Waals surface area contributed by atoms with Crippen LogP contribution in [0.1, 0.15) is 24.8 Å². The number of para-hydroxylation sites is 1. The third-order valence-corrected chi connectivity index (χ3v) is 3.72. The first-order valence-electron chi connectivity index (χ1n) is 6.03. The molecule has 5 nitrogen and oxygen atoms in total. The zero-order chi connectivity index (χ0) is 14.0. The van der Waals surface area contributed by atoms with Crippen molar-refractivity contribution in [2.45, 2.75) is 19.3 Å². The van der Waals surface area contributed by atoms with E-state index in [0.717, 1.165) is 6.42 Å². The van der Waals surface area contributed by atoms with Crippen LogP contribution in [-0.2, 0) is 9.59 Å². The predicted octanol–water partition coefficient (Wildman–Crippen LogP) is 1.78. The first-order chi connectivity index (χ1) is 9.03. The second kappa shape index (κ2) is 4.73. The van der Waals surface area contributed by atoms with Crippen LogP contribution in [0.2, 0.25) is 0 Å². The van der Waals surface area contributed by atoms with Gasteiger partial charge in [-0.05, 0) is 25.0 Å². The molecule has 0 radical (unpaired) electrons. The topological polar surface area (TPSA) is 81.4 Å². The lowest BCUT2D eigenvalue weighted by Gasteiger charge is -2.38. The average Bonchev–Trinajstić information content (AvgIpc) is 2.35. The van der Waals surface area contributed by atoms with Gasteiger partial charge in [0, 0.05) is 7.05 Å². The van der Waals surface area contributed by atoms with E-state index in [4.69, 9.17) is 5.26 Å². The van der Waals surface area contributed by atoms with Crippen LogP contribution in [-0.4, -0.2) is 24.0 Å². The monoisotopic (exact) mass is 258 g/mol. The number of hydrogen-bond donors (Lipinski definition) is 1. The van der Waals surface area contributed by atoms with Gasteiger partial charge in [0.1, 0.15) is 11.5 Å². The molecular formula is C14H14N2O3. The Morgan fingerprint density at radius 1 is 1.37 bits per heavy atom. The summed E-state index contributed by atoms with van der Waals surface area (Å²) in [7, 11) is 1.52. The molecule has 0 spiro atoms. The summed E-state index contributed by atoms with van der Waals surface area (Å²) in [6, 6.07) is 8.68. The van der Waals surface area contributed by atoms with Gasteiger partial charge in [-0.3, -0.25) is 9.59 Å². The van der Waals surface area contributed by atoms with E-state index in [1.807, 2.05) is 6.07 Å². The van der Waals surface area contributed by atoms with Crippen LogP contribution < -0.4 is 4.90 Å². The van der Waals surface area contributed by atoms with E-state index in [2.05, 4.69) is 0 Å². The summed E-state index contributed by atoms with van der Waals surface area (Å²) >= 11 is 0. The van der Waals surface area contributed by atoms with Crippen molar-refractivity contribution >= 4 is 17.6 Å². The van der Waals surface area contributed by atoms with E-state index >= 15 is 0 Å². The van der Waals surface area contributed by atoms with Crippen LogP contribution in [0.4, 0.5) is 5.69 Å². The van der Waals surface area contributed by atoms with Gasteiger partial charge in [0.25, 0.3) is 0 Å². The summed E-state index contributed by atoms with van der Waals surface area (Å²) in [5, 5.41) is 18.3. The van der Waals surface area contributed by atoms with Gasteiger partial charge in [-0.15, -0.1) is 0 Å². The quantitative estimate of drug-likeness (QED) is 0.838. The van der Waals surface area contributed by atoms with Crippen LogP contribution in [0.25, 0.3) is 0 Å². The third-order valence-electron chi connectivity index (χ3n) is 3.72. The number of benzene rings is 1. The van der Waals surface area contributed by atoms with Crippen LogP contribution in [0, 0.1) is 16.7 Å². The van der Waals surface area contributed by atoms with Crippen molar-refractivity contribution in [3.8, 4) is 6.07 Å². The summed E-state index contributed by atoms with van der Waals surface area (Å²) in [6.07, 6.45) is 1.46. The number of amides is 1. The molecule has 19 heavy (non-hydrogen) atoms. The highest BCUT2D eigenvalue weighted by Gasteiger charge is 2.52. The van der Waals surface area contributed by atoms with Gasteiger partial charge in [-0.1, -0.05) is 18.6 Å². The van der Waals surface area contributed by atoms with Gasteiger partial charge in [-0.25, -0.2) is 0 Å². The summed E-state index contributed by atoms with van der Waals surface area (Å²) in [6.45, 7) is 0. The summed E-state index contributed by atoms with van der Waals surface area (Å²) < 4.78 is 0. The van der Waals surface area contributed by atoms with Crippen molar-refractivity contribution in [3.05, 3.63) is 29.8 Å². The standard InChI is InChI=1S/C14H14N2O3/c1-16(11-6-3-2-5-10(11)9-15)12(17)14(13(18)19)7-4-8-14/h2-3,5-6H,4,7-8H2,1H3,(H,18,19). The fraction of sp³-hybridized carbons (Fsp3) is 0.357. The SMILES string of the molecule is CN(C(=O)C1(C(=O)O)CCC1)c1ccccc1C#N. The molecule has 1 aliphatic carbocycles. The van der Waals surface area contributed by atoms with Crippen LogP contribution in [0.15, 0.2) is 24.3 Å². The van der Waals surface area contributed by atoms with Crippen LogP contribution in [0.5, 0.6) is 0 Å². The Morgan fingerprint density at radius 2 is 2.00 bits per heavy atom. The minimum atomic E-state index is -1.31. The molecule has 1 N–H and O–H groups in total. The molecule has 98 valence electrons. The average molecular weight is 258 g/mol. The molecule has 0 aromatic heterocycles.